The molecule has 0 radical (unpaired) electrons. The molecule has 0 saturated heterocycles. The van der Waals surface area contributed by atoms with Gasteiger partial charge in [0.25, 0.3) is 0 Å². The highest BCUT2D eigenvalue weighted by Crippen LogP contribution is 2.40. The Labute approximate surface area is 276 Å². The summed E-state index contributed by atoms with van der Waals surface area (Å²) < 4.78 is 4.81. The summed E-state index contributed by atoms with van der Waals surface area (Å²) in [6, 6.07) is 35.4. The summed E-state index contributed by atoms with van der Waals surface area (Å²) in [5, 5.41) is 3.92. The molecule has 0 spiro atoms. The lowest BCUT2D eigenvalue weighted by molar-refractivity contribution is 0.747. The van der Waals surface area contributed by atoms with Gasteiger partial charge in [0.1, 0.15) is 0 Å². The highest BCUT2D eigenvalue weighted by Gasteiger charge is 2.23. The molecule has 1 unspecified atom stereocenters. The number of allylic oxidation sites excluding steroid dienone is 9. The van der Waals surface area contributed by atoms with E-state index in [0.29, 0.717) is 0 Å². The van der Waals surface area contributed by atoms with Crippen molar-refractivity contribution in [2.24, 2.45) is 0 Å². The highest BCUT2D eigenvalue weighted by atomic mass is 15.4. The summed E-state index contributed by atoms with van der Waals surface area (Å²) in [6.07, 6.45) is 21.6. The number of hydrogen-bond acceptors (Lipinski definition) is 1. The van der Waals surface area contributed by atoms with E-state index in [9.17, 15) is 0 Å². The van der Waals surface area contributed by atoms with Gasteiger partial charge >= 0.3 is 0 Å². The standard InChI is InChI=1S/C44H39N3/c1-3-14-31(2)23-26-40(32-15-6-4-7-16-32)45-47-43-22-13-11-20-37(43)39-30-34(25-28-44(39)47)33-24-27-42-38(29-33)36-19-10-12-21-41(36)46(42)35-17-8-5-9-18-35/h3-8,10-17,19-24,26-27,29-30,40,45H,1,9,18,25,28H2,2H3/b26-23-,31-14+. The highest BCUT2D eigenvalue weighted by molar-refractivity contribution is 6.11. The summed E-state index contributed by atoms with van der Waals surface area (Å²) in [5.74, 6) is 0. The summed E-state index contributed by atoms with van der Waals surface area (Å²) >= 11 is 0. The van der Waals surface area contributed by atoms with Crippen molar-refractivity contribution in [1.82, 2.24) is 9.24 Å². The van der Waals surface area contributed by atoms with Gasteiger partial charge in [0.05, 0.1) is 22.6 Å². The van der Waals surface area contributed by atoms with Gasteiger partial charge in [-0.2, -0.15) is 0 Å². The average Bonchev–Trinajstić information content (AvgIpc) is 3.62. The predicted octanol–water partition coefficient (Wildman–Crippen LogP) is 11.4. The van der Waals surface area contributed by atoms with Crippen molar-refractivity contribution in [3.8, 4) is 0 Å². The molecular weight excluding hydrogens is 571 g/mol. The van der Waals surface area contributed by atoms with Crippen LogP contribution in [-0.4, -0.2) is 9.24 Å². The van der Waals surface area contributed by atoms with Gasteiger partial charge in [0.2, 0.25) is 0 Å². The SMILES string of the molecule is C=C/C=C(C)/C=C\C(Nn1c2c(c3ccccc31)C=C(c1ccc3c(c1)c1ccccc1n3C1=CC=CCC1)CC2)c1ccccc1. The summed E-state index contributed by atoms with van der Waals surface area (Å²) in [7, 11) is 0. The molecule has 1 atom stereocenters. The van der Waals surface area contributed by atoms with Crippen molar-refractivity contribution in [2.75, 3.05) is 5.43 Å². The number of fused-ring (bicyclic) bond motifs is 6. The second kappa shape index (κ2) is 12.3. The largest absolute Gasteiger partial charge is 0.314 e. The zero-order chi connectivity index (χ0) is 31.7. The quantitative estimate of drug-likeness (QED) is 0.170. The van der Waals surface area contributed by atoms with Gasteiger partial charge in [0, 0.05) is 33.1 Å². The smallest absolute Gasteiger partial charge is 0.0858 e. The van der Waals surface area contributed by atoms with Gasteiger partial charge < -0.3 is 9.99 Å². The van der Waals surface area contributed by atoms with E-state index >= 15 is 0 Å². The van der Waals surface area contributed by atoms with E-state index < -0.39 is 0 Å². The lowest BCUT2D eigenvalue weighted by atomic mass is 9.90. The Morgan fingerprint density at radius 2 is 1.57 bits per heavy atom. The van der Waals surface area contributed by atoms with Gasteiger partial charge in [-0.3, -0.25) is 4.68 Å². The van der Waals surface area contributed by atoms with Crippen LogP contribution >= 0.6 is 0 Å². The summed E-state index contributed by atoms with van der Waals surface area (Å²) in [5.41, 5.74) is 16.8. The first-order chi connectivity index (χ1) is 23.2. The van der Waals surface area contributed by atoms with E-state index in [4.69, 9.17) is 0 Å². The van der Waals surface area contributed by atoms with E-state index in [2.05, 4.69) is 162 Å². The van der Waals surface area contributed by atoms with Gasteiger partial charge in [0.15, 0.2) is 0 Å². The van der Waals surface area contributed by atoms with E-state index in [1.807, 2.05) is 12.2 Å². The van der Waals surface area contributed by atoms with Crippen LogP contribution in [0.2, 0.25) is 0 Å². The fourth-order valence-electron chi connectivity index (χ4n) is 7.38. The minimum atomic E-state index is 0.00384. The molecule has 0 amide bonds. The molecule has 0 fully saturated rings. The molecule has 3 nitrogen and oxygen atoms in total. The number of nitrogens with zero attached hydrogens (tertiary/aromatic N) is 2. The predicted molar refractivity (Wildman–Crippen MR) is 202 cm³/mol. The Kier molecular flexibility index (Phi) is 7.59. The fourth-order valence-corrected chi connectivity index (χ4v) is 7.38. The molecule has 3 heteroatoms. The maximum atomic E-state index is 3.91. The topological polar surface area (TPSA) is 21.9 Å². The maximum absolute atomic E-state index is 3.91. The van der Waals surface area contributed by atoms with E-state index in [-0.39, 0.29) is 6.04 Å². The third-order valence-electron chi connectivity index (χ3n) is 9.65. The molecule has 230 valence electrons. The van der Waals surface area contributed by atoms with Crippen LogP contribution in [0.3, 0.4) is 0 Å². The lowest BCUT2D eigenvalue weighted by Gasteiger charge is -2.23. The van der Waals surface area contributed by atoms with Crippen LogP contribution in [0, 0.1) is 0 Å². The van der Waals surface area contributed by atoms with Gasteiger partial charge in [-0.05, 0) is 85.7 Å². The molecule has 2 aromatic heterocycles. The summed E-state index contributed by atoms with van der Waals surface area (Å²) in [6.45, 7) is 5.97. The molecule has 47 heavy (non-hydrogen) atoms. The van der Waals surface area contributed by atoms with Crippen molar-refractivity contribution in [2.45, 2.75) is 38.6 Å². The first-order valence-corrected chi connectivity index (χ1v) is 16.7. The van der Waals surface area contributed by atoms with Crippen LogP contribution in [-0.2, 0) is 6.42 Å². The number of aromatic nitrogens is 2. The van der Waals surface area contributed by atoms with Crippen molar-refractivity contribution >= 4 is 50.1 Å². The van der Waals surface area contributed by atoms with Crippen molar-refractivity contribution in [3.05, 3.63) is 174 Å². The van der Waals surface area contributed by atoms with Crippen LogP contribution in [0.5, 0.6) is 0 Å². The lowest BCUT2D eigenvalue weighted by Crippen LogP contribution is -2.22. The Bertz CT molecular complexity index is 2300. The third-order valence-corrected chi connectivity index (χ3v) is 9.65. The molecule has 1 N–H and O–H groups in total. The molecule has 0 saturated carbocycles. The molecule has 0 aliphatic heterocycles. The molecule has 6 aromatic rings. The second-order valence-electron chi connectivity index (χ2n) is 12.6. The fraction of sp³-hybridized carbons (Fsp3) is 0.136. The molecule has 8 rings (SSSR count). The van der Waals surface area contributed by atoms with Gasteiger partial charge in [-0.15, -0.1) is 0 Å². The van der Waals surface area contributed by atoms with Crippen molar-refractivity contribution in [1.29, 1.82) is 0 Å². The van der Waals surface area contributed by atoms with E-state index in [1.165, 1.54) is 71.9 Å². The minimum absolute atomic E-state index is 0.00384. The normalized spacial score (nSPS) is 15.6. The van der Waals surface area contributed by atoms with Crippen LogP contribution in [0.15, 0.2) is 152 Å². The number of hydrogen-bond donors (Lipinski definition) is 1. The van der Waals surface area contributed by atoms with Crippen LogP contribution in [0.4, 0.5) is 0 Å². The number of nitrogens with one attached hydrogen (secondary N) is 1. The van der Waals surface area contributed by atoms with Gasteiger partial charge in [-0.25, -0.2) is 0 Å². The molecule has 2 heterocycles. The average molecular weight is 610 g/mol. The zero-order valence-electron chi connectivity index (χ0n) is 26.9. The second-order valence-corrected chi connectivity index (χ2v) is 12.6. The first kappa shape index (κ1) is 28.9. The minimum Gasteiger partial charge on any atom is -0.314 e. The Hall–Kier alpha value is -5.54. The van der Waals surface area contributed by atoms with Crippen LogP contribution in [0.25, 0.3) is 50.1 Å². The summed E-state index contributed by atoms with van der Waals surface area (Å²) in [4.78, 5) is 0. The molecule has 4 aromatic carbocycles. The monoisotopic (exact) mass is 609 g/mol. The Morgan fingerprint density at radius 3 is 2.38 bits per heavy atom. The van der Waals surface area contributed by atoms with Crippen molar-refractivity contribution in [3.63, 3.8) is 0 Å². The number of para-hydroxylation sites is 2. The van der Waals surface area contributed by atoms with Gasteiger partial charge in [-0.1, -0.05) is 121 Å². The maximum Gasteiger partial charge on any atom is 0.0858 e. The number of benzene rings is 4. The first-order valence-electron chi connectivity index (χ1n) is 16.7. The number of rotatable bonds is 8. The molecule has 2 aliphatic carbocycles. The molecule has 2 aliphatic rings. The zero-order valence-corrected chi connectivity index (χ0v) is 26.9. The third kappa shape index (κ3) is 5.28. The Balaban J connectivity index is 1.22. The van der Waals surface area contributed by atoms with E-state index in [0.717, 1.165) is 25.7 Å². The van der Waals surface area contributed by atoms with Crippen LogP contribution in [0.1, 0.15) is 54.6 Å². The molecular formula is C44H39N3. The van der Waals surface area contributed by atoms with E-state index in [1.54, 1.807) is 0 Å². The van der Waals surface area contributed by atoms with Crippen LogP contribution < -0.4 is 5.43 Å². The van der Waals surface area contributed by atoms with Crippen molar-refractivity contribution < 1.29 is 0 Å². The molecule has 0 bridgehead atoms. The Morgan fingerprint density at radius 1 is 0.809 bits per heavy atom.